The minimum atomic E-state index is 0.620. The molecule has 0 amide bonds. The molecular formula is C11H11BrN4S. The van der Waals surface area contributed by atoms with Crippen LogP contribution in [0, 0.1) is 0 Å². The van der Waals surface area contributed by atoms with Crippen LogP contribution in [0.25, 0.3) is 0 Å². The fourth-order valence-corrected chi connectivity index (χ4v) is 2.56. The second kappa shape index (κ2) is 4.70. The quantitative estimate of drug-likeness (QED) is 0.942. The maximum atomic E-state index is 4.48. The first-order valence-corrected chi connectivity index (χ1v) is 7.05. The van der Waals surface area contributed by atoms with Crippen LogP contribution >= 0.6 is 27.5 Å². The smallest absolute Gasteiger partial charge is 0.202 e. The number of halogens is 1. The minimum Gasteiger partial charge on any atom is -0.356 e. The van der Waals surface area contributed by atoms with Crippen LogP contribution in [-0.4, -0.2) is 14.3 Å². The van der Waals surface area contributed by atoms with Crippen LogP contribution < -0.4 is 5.32 Å². The van der Waals surface area contributed by atoms with E-state index in [1.54, 1.807) is 12.4 Å². The highest BCUT2D eigenvalue weighted by Crippen LogP contribution is 2.39. The molecule has 0 atom stereocenters. The Labute approximate surface area is 112 Å². The number of hydrogen-bond donors (Lipinski definition) is 1. The normalized spacial score (nSPS) is 14.9. The molecule has 0 saturated heterocycles. The summed E-state index contributed by atoms with van der Waals surface area (Å²) in [6, 6.07) is 1.99. The van der Waals surface area contributed by atoms with Gasteiger partial charge in [0, 0.05) is 40.9 Å². The van der Waals surface area contributed by atoms with Crippen LogP contribution in [0.5, 0.6) is 0 Å². The highest BCUT2D eigenvalue weighted by Gasteiger charge is 2.27. The van der Waals surface area contributed by atoms with Crippen molar-refractivity contribution in [1.82, 2.24) is 14.3 Å². The Morgan fingerprint density at radius 3 is 3.12 bits per heavy atom. The molecule has 0 aromatic carbocycles. The van der Waals surface area contributed by atoms with Crippen molar-refractivity contribution >= 4 is 32.6 Å². The molecule has 0 aliphatic heterocycles. The number of pyridine rings is 1. The minimum absolute atomic E-state index is 0.620. The Morgan fingerprint density at radius 2 is 2.35 bits per heavy atom. The van der Waals surface area contributed by atoms with Gasteiger partial charge in [0.15, 0.2) is 0 Å². The van der Waals surface area contributed by atoms with E-state index in [2.05, 4.69) is 35.6 Å². The number of rotatable bonds is 4. The second-order valence-electron chi connectivity index (χ2n) is 4.05. The molecule has 1 aliphatic rings. The first-order chi connectivity index (χ1) is 8.33. The van der Waals surface area contributed by atoms with Gasteiger partial charge in [-0.15, -0.1) is 0 Å². The van der Waals surface area contributed by atoms with Crippen LogP contribution in [0.4, 0.5) is 5.13 Å². The maximum absolute atomic E-state index is 4.48. The first-order valence-electron chi connectivity index (χ1n) is 5.49. The van der Waals surface area contributed by atoms with E-state index in [0.29, 0.717) is 5.92 Å². The van der Waals surface area contributed by atoms with Gasteiger partial charge in [-0.2, -0.15) is 4.37 Å². The third kappa shape index (κ3) is 2.63. The van der Waals surface area contributed by atoms with Crippen molar-refractivity contribution in [2.45, 2.75) is 25.3 Å². The summed E-state index contributed by atoms with van der Waals surface area (Å²) in [5, 5.41) is 4.19. The Bertz CT molecular complexity index is 524. The van der Waals surface area contributed by atoms with E-state index in [1.807, 2.05) is 6.07 Å². The summed E-state index contributed by atoms with van der Waals surface area (Å²) >= 11 is 4.91. The van der Waals surface area contributed by atoms with Crippen LogP contribution in [0.2, 0.25) is 0 Å². The predicted molar refractivity (Wildman–Crippen MR) is 71.1 cm³/mol. The van der Waals surface area contributed by atoms with E-state index < -0.39 is 0 Å². The lowest BCUT2D eigenvalue weighted by Gasteiger charge is -2.03. The van der Waals surface area contributed by atoms with Gasteiger partial charge in [-0.3, -0.25) is 4.98 Å². The molecule has 3 rings (SSSR count). The van der Waals surface area contributed by atoms with Crippen molar-refractivity contribution in [2.75, 3.05) is 5.32 Å². The van der Waals surface area contributed by atoms with Crippen molar-refractivity contribution in [2.24, 2.45) is 0 Å². The number of nitrogens with zero attached hydrogens (tertiary/aromatic N) is 3. The van der Waals surface area contributed by atoms with Gasteiger partial charge in [0.1, 0.15) is 5.82 Å². The highest BCUT2D eigenvalue weighted by atomic mass is 79.9. The molecule has 88 valence electrons. The van der Waals surface area contributed by atoms with Crippen molar-refractivity contribution in [3.8, 4) is 0 Å². The third-order valence-electron chi connectivity index (χ3n) is 2.67. The third-order valence-corrected chi connectivity index (χ3v) is 4.07. The first kappa shape index (κ1) is 11.1. The molecule has 0 radical (unpaired) electrons. The Morgan fingerprint density at radius 1 is 1.47 bits per heavy atom. The molecule has 2 aromatic heterocycles. The van der Waals surface area contributed by atoms with E-state index in [1.165, 1.54) is 29.9 Å². The lowest BCUT2D eigenvalue weighted by molar-refractivity contribution is 0.979. The zero-order valence-corrected chi connectivity index (χ0v) is 11.5. The fraction of sp³-hybridized carbons (Fsp3) is 0.364. The van der Waals surface area contributed by atoms with Crippen molar-refractivity contribution in [3.63, 3.8) is 0 Å². The number of anilines is 1. The summed E-state index contributed by atoms with van der Waals surface area (Å²) < 4.78 is 5.37. The SMILES string of the molecule is Brc1cnccc1CNc1nc(C2CC2)ns1. The average Bonchev–Trinajstić information content (AvgIpc) is 3.08. The van der Waals surface area contributed by atoms with Gasteiger partial charge in [0.25, 0.3) is 0 Å². The van der Waals surface area contributed by atoms with E-state index >= 15 is 0 Å². The molecule has 1 aliphatic carbocycles. The molecule has 0 unspecified atom stereocenters. The van der Waals surface area contributed by atoms with Gasteiger partial charge in [-0.1, -0.05) is 0 Å². The molecule has 2 aromatic rings. The summed E-state index contributed by atoms with van der Waals surface area (Å²) in [6.45, 7) is 0.738. The molecule has 1 fully saturated rings. The summed E-state index contributed by atoms with van der Waals surface area (Å²) in [6.07, 6.45) is 6.07. The van der Waals surface area contributed by atoms with Gasteiger partial charge >= 0.3 is 0 Å². The van der Waals surface area contributed by atoms with E-state index in [0.717, 1.165) is 22.0 Å². The van der Waals surface area contributed by atoms with E-state index in [4.69, 9.17) is 0 Å². The molecule has 4 nitrogen and oxygen atoms in total. The van der Waals surface area contributed by atoms with Crippen LogP contribution in [0.1, 0.15) is 30.1 Å². The van der Waals surface area contributed by atoms with Crippen molar-refractivity contribution < 1.29 is 0 Å². The van der Waals surface area contributed by atoms with Crippen LogP contribution in [0.15, 0.2) is 22.9 Å². The Balaban J connectivity index is 1.65. The lowest BCUT2D eigenvalue weighted by Crippen LogP contribution is -2.00. The average molecular weight is 311 g/mol. The van der Waals surface area contributed by atoms with Gasteiger partial charge in [-0.05, 0) is 40.4 Å². The van der Waals surface area contributed by atoms with Gasteiger partial charge < -0.3 is 5.32 Å². The number of aromatic nitrogens is 3. The Hall–Kier alpha value is -1.01. The molecule has 17 heavy (non-hydrogen) atoms. The highest BCUT2D eigenvalue weighted by molar-refractivity contribution is 9.10. The molecule has 0 bridgehead atoms. The van der Waals surface area contributed by atoms with Crippen molar-refractivity contribution in [1.29, 1.82) is 0 Å². The molecule has 1 saturated carbocycles. The topological polar surface area (TPSA) is 50.7 Å². The largest absolute Gasteiger partial charge is 0.356 e. The lowest BCUT2D eigenvalue weighted by atomic mass is 10.3. The zero-order valence-electron chi connectivity index (χ0n) is 9.06. The summed E-state index contributed by atoms with van der Waals surface area (Å²) in [4.78, 5) is 8.52. The number of nitrogens with one attached hydrogen (secondary N) is 1. The second-order valence-corrected chi connectivity index (χ2v) is 5.66. The van der Waals surface area contributed by atoms with E-state index in [-0.39, 0.29) is 0 Å². The number of hydrogen-bond acceptors (Lipinski definition) is 5. The zero-order chi connectivity index (χ0) is 11.7. The summed E-state index contributed by atoms with van der Waals surface area (Å²) in [5.41, 5.74) is 1.17. The van der Waals surface area contributed by atoms with Gasteiger partial charge in [0.05, 0.1) is 0 Å². The van der Waals surface area contributed by atoms with Gasteiger partial charge in [0.2, 0.25) is 5.13 Å². The molecule has 6 heteroatoms. The molecule has 1 N–H and O–H groups in total. The van der Waals surface area contributed by atoms with Gasteiger partial charge in [-0.25, -0.2) is 4.98 Å². The molecule has 2 heterocycles. The monoisotopic (exact) mass is 310 g/mol. The van der Waals surface area contributed by atoms with Crippen molar-refractivity contribution in [3.05, 3.63) is 34.3 Å². The molecule has 0 spiro atoms. The Kier molecular flexibility index (Phi) is 3.07. The van der Waals surface area contributed by atoms with E-state index in [9.17, 15) is 0 Å². The van der Waals surface area contributed by atoms with Crippen LogP contribution in [0.3, 0.4) is 0 Å². The van der Waals surface area contributed by atoms with Crippen LogP contribution in [-0.2, 0) is 6.54 Å². The summed E-state index contributed by atoms with van der Waals surface area (Å²) in [5.74, 6) is 1.63. The molecular weight excluding hydrogens is 300 g/mol. The summed E-state index contributed by atoms with van der Waals surface area (Å²) in [7, 11) is 0. The predicted octanol–water partition coefficient (Wildman–Crippen LogP) is 3.19. The maximum Gasteiger partial charge on any atom is 0.202 e. The fourth-order valence-electron chi connectivity index (χ4n) is 1.53. The standard InChI is InChI=1S/C11H11BrN4S/c12-9-6-13-4-3-8(9)5-14-11-15-10(16-17-11)7-1-2-7/h3-4,6-7H,1-2,5H2,(H,14,15,16).